The Balaban J connectivity index is 0.000000420. The summed E-state index contributed by atoms with van der Waals surface area (Å²) in [7, 11) is 1.82. The third-order valence-electron chi connectivity index (χ3n) is 4.14. The first-order valence-electron chi connectivity index (χ1n) is 9.97. The zero-order chi connectivity index (χ0) is 24.5. The first kappa shape index (κ1) is 25.2. The molecule has 0 saturated carbocycles. The van der Waals surface area contributed by atoms with Gasteiger partial charge in [-0.25, -0.2) is 9.97 Å². The normalized spacial score (nSPS) is 12.3. The summed E-state index contributed by atoms with van der Waals surface area (Å²) in [5, 5.41) is 26.8. The Labute approximate surface area is 189 Å². The van der Waals surface area contributed by atoms with E-state index in [9.17, 15) is 4.79 Å². The van der Waals surface area contributed by atoms with Crippen molar-refractivity contribution in [3.63, 3.8) is 0 Å². The maximum atomic E-state index is 11.3. The third kappa shape index (κ3) is 7.53. The van der Waals surface area contributed by atoms with Crippen LogP contribution in [0.15, 0.2) is 18.5 Å². The number of carbonyl (C=O) groups excluding carboxylic acids is 1. The minimum absolute atomic E-state index is 0.0185. The third-order valence-corrected chi connectivity index (χ3v) is 4.14. The van der Waals surface area contributed by atoms with Crippen molar-refractivity contribution in [2.45, 2.75) is 33.2 Å². The number of primary amides is 1. The van der Waals surface area contributed by atoms with Crippen LogP contribution in [-0.4, -0.2) is 75.2 Å². The lowest BCUT2D eigenvalue weighted by Gasteiger charge is -2.04. The van der Waals surface area contributed by atoms with E-state index >= 15 is 0 Å². The van der Waals surface area contributed by atoms with Gasteiger partial charge in [0.25, 0.3) is 11.9 Å². The number of aryl methyl sites for hydroxylation is 1. The van der Waals surface area contributed by atoms with Gasteiger partial charge in [-0.15, -0.1) is 5.10 Å². The van der Waals surface area contributed by atoms with Crippen LogP contribution in [0.2, 0.25) is 0 Å². The van der Waals surface area contributed by atoms with Crippen LogP contribution in [0.4, 0.5) is 0 Å². The van der Waals surface area contributed by atoms with E-state index < -0.39 is 17.8 Å². The van der Waals surface area contributed by atoms with Gasteiger partial charge in [0, 0.05) is 59.2 Å². The molecule has 0 saturated heterocycles. The zero-order valence-corrected chi connectivity index (χ0v) is 18.6. The number of amides is 1. The second kappa shape index (κ2) is 11.5. The highest BCUT2D eigenvalue weighted by Crippen LogP contribution is 2.21. The summed E-state index contributed by atoms with van der Waals surface area (Å²) >= 11 is 0. The number of fused-ring (bicyclic) bond motifs is 1. The molecular formula is C19H27N9O5. The number of hydrogen-bond donors (Lipinski definition) is 4. The van der Waals surface area contributed by atoms with Gasteiger partial charge >= 0.3 is 0 Å². The Hall–Kier alpha value is -4.07. The molecule has 178 valence electrons. The van der Waals surface area contributed by atoms with Gasteiger partial charge in [0.15, 0.2) is 17.5 Å². The Morgan fingerprint density at radius 3 is 2.39 bits per heavy atom. The molecule has 1 aliphatic heterocycles. The standard InChI is InChI=1S/C15H19N9O.2C2H4O2/c1-22-14(3-5-18-22)24-15(20-12(21-24)8-11(16)25)10-9-23-7-6-17-4-2-13(23)19-10;2*1-2(3)4/h3,5,9,17H,2,4,6-8H2,1H3,(H2,16,25);2*1H3,(H,3,4). The van der Waals surface area contributed by atoms with Gasteiger partial charge in [0.1, 0.15) is 11.5 Å². The van der Waals surface area contributed by atoms with Gasteiger partial charge < -0.3 is 25.8 Å². The highest BCUT2D eigenvalue weighted by atomic mass is 16.4. The molecule has 0 spiro atoms. The molecule has 0 radical (unpaired) electrons. The molecule has 14 heteroatoms. The highest BCUT2D eigenvalue weighted by Gasteiger charge is 2.21. The second-order valence-corrected chi connectivity index (χ2v) is 6.99. The van der Waals surface area contributed by atoms with Crippen LogP contribution in [0.1, 0.15) is 25.5 Å². The number of aliphatic carboxylic acids is 2. The largest absolute Gasteiger partial charge is 0.481 e. The molecule has 0 bridgehead atoms. The van der Waals surface area contributed by atoms with Gasteiger partial charge in [0.05, 0.1) is 12.6 Å². The monoisotopic (exact) mass is 461 g/mol. The number of rotatable bonds is 4. The molecule has 0 fully saturated rings. The average molecular weight is 461 g/mol. The van der Waals surface area contributed by atoms with E-state index in [2.05, 4.69) is 25.1 Å². The molecule has 0 atom stereocenters. The maximum Gasteiger partial charge on any atom is 0.300 e. The predicted octanol–water partition coefficient (Wildman–Crippen LogP) is -0.780. The molecule has 5 N–H and O–H groups in total. The van der Waals surface area contributed by atoms with Gasteiger partial charge in [-0.2, -0.15) is 9.78 Å². The van der Waals surface area contributed by atoms with Crippen LogP contribution < -0.4 is 11.1 Å². The minimum Gasteiger partial charge on any atom is -0.481 e. The quantitative estimate of drug-likeness (QED) is 0.382. The number of nitrogens with two attached hydrogens (primary N) is 1. The van der Waals surface area contributed by atoms with Crippen molar-refractivity contribution >= 4 is 17.8 Å². The zero-order valence-electron chi connectivity index (χ0n) is 18.6. The lowest BCUT2D eigenvalue weighted by molar-refractivity contribution is -0.135. The fourth-order valence-corrected chi connectivity index (χ4v) is 2.97. The molecule has 0 aromatic carbocycles. The van der Waals surface area contributed by atoms with Gasteiger partial charge in [-0.05, 0) is 0 Å². The molecule has 1 amide bonds. The van der Waals surface area contributed by atoms with Crippen LogP contribution in [0, 0.1) is 0 Å². The first-order chi connectivity index (χ1) is 15.6. The van der Waals surface area contributed by atoms with Gasteiger partial charge in [-0.1, -0.05) is 0 Å². The molecule has 3 aromatic heterocycles. The van der Waals surface area contributed by atoms with Gasteiger partial charge in [0.2, 0.25) is 5.91 Å². The van der Waals surface area contributed by atoms with Crippen LogP contribution in [-0.2, 0) is 40.8 Å². The summed E-state index contributed by atoms with van der Waals surface area (Å²) in [5.41, 5.74) is 6.02. The average Bonchev–Trinajstić information content (AvgIpc) is 3.35. The Bertz CT molecular complexity index is 1070. The fourth-order valence-electron chi connectivity index (χ4n) is 2.97. The summed E-state index contributed by atoms with van der Waals surface area (Å²) in [4.78, 5) is 38.5. The summed E-state index contributed by atoms with van der Waals surface area (Å²) in [5.74, 6) is 0.557. The summed E-state index contributed by atoms with van der Waals surface area (Å²) < 4.78 is 5.48. The van der Waals surface area contributed by atoms with Crippen molar-refractivity contribution in [2.75, 3.05) is 13.1 Å². The minimum atomic E-state index is -0.833. The number of carboxylic acid groups (broad SMARTS) is 2. The topological polar surface area (TPSA) is 196 Å². The van der Waals surface area contributed by atoms with E-state index in [1.807, 2.05) is 19.3 Å². The number of aromatic nitrogens is 7. The van der Waals surface area contributed by atoms with Crippen LogP contribution in [0.3, 0.4) is 0 Å². The Kier molecular flexibility index (Phi) is 8.80. The second-order valence-electron chi connectivity index (χ2n) is 6.99. The Morgan fingerprint density at radius 1 is 1.15 bits per heavy atom. The van der Waals surface area contributed by atoms with Crippen molar-refractivity contribution in [2.24, 2.45) is 12.8 Å². The molecule has 14 nitrogen and oxygen atoms in total. The number of carboxylic acids is 2. The van der Waals surface area contributed by atoms with Crippen LogP contribution in [0.5, 0.6) is 0 Å². The first-order valence-corrected chi connectivity index (χ1v) is 9.97. The van der Waals surface area contributed by atoms with Crippen molar-refractivity contribution < 1.29 is 24.6 Å². The number of imidazole rings is 1. The maximum absolute atomic E-state index is 11.3. The number of nitrogens with one attached hydrogen (secondary N) is 1. The molecule has 4 rings (SSSR count). The lowest BCUT2D eigenvalue weighted by atomic mass is 10.4. The van der Waals surface area contributed by atoms with Crippen molar-refractivity contribution in [3.8, 4) is 17.3 Å². The molecule has 3 aromatic rings. The Morgan fingerprint density at radius 2 is 1.82 bits per heavy atom. The number of carbonyl (C=O) groups is 3. The summed E-state index contributed by atoms with van der Waals surface area (Å²) in [6.07, 6.45) is 4.50. The number of nitrogens with zero attached hydrogens (tertiary/aromatic N) is 7. The van der Waals surface area contributed by atoms with Gasteiger partial charge in [-0.3, -0.25) is 19.1 Å². The molecular weight excluding hydrogens is 434 g/mol. The van der Waals surface area contributed by atoms with Crippen molar-refractivity contribution in [3.05, 3.63) is 30.1 Å². The SMILES string of the molecule is CC(=O)O.CC(=O)O.Cn1nccc1-n1nc(CC(N)=O)nc1-c1cn2c(n1)CCNCC2. The van der Waals surface area contributed by atoms with Crippen LogP contribution in [0.25, 0.3) is 17.3 Å². The lowest BCUT2D eigenvalue weighted by Crippen LogP contribution is -2.17. The predicted molar refractivity (Wildman–Crippen MR) is 115 cm³/mol. The van der Waals surface area contributed by atoms with E-state index in [0.29, 0.717) is 11.6 Å². The highest BCUT2D eigenvalue weighted by molar-refractivity contribution is 5.75. The van der Waals surface area contributed by atoms with Crippen molar-refractivity contribution in [1.82, 2.24) is 39.4 Å². The molecule has 1 aliphatic rings. The van der Waals surface area contributed by atoms with E-state index in [1.54, 1.807) is 15.6 Å². The summed E-state index contributed by atoms with van der Waals surface area (Å²) in [6, 6.07) is 1.83. The van der Waals surface area contributed by atoms with E-state index in [1.165, 1.54) is 0 Å². The smallest absolute Gasteiger partial charge is 0.300 e. The van der Waals surface area contributed by atoms with Crippen molar-refractivity contribution in [1.29, 1.82) is 0 Å². The van der Waals surface area contributed by atoms with E-state index in [0.717, 1.165) is 57.2 Å². The van der Waals surface area contributed by atoms with Crippen LogP contribution >= 0.6 is 0 Å². The molecule has 4 heterocycles. The van der Waals surface area contributed by atoms with E-state index in [4.69, 9.17) is 30.5 Å². The molecule has 0 aliphatic carbocycles. The molecule has 33 heavy (non-hydrogen) atoms. The number of hydrogen-bond acceptors (Lipinski definition) is 8. The summed E-state index contributed by atoms with van der Waals surface area (Å²) in [6.45, 7) is 4.83. The molecule has 0 unspecified atom stereocenters. The fraction of sp³-hybridized carbons (Fsp3) is 0.421. The van der Waals surface area contributed by atoms with E-state index in [-0.39, 0.29) is 6.42 Å².